The molecule has 0 atom stereocenters. The standard InChI is InChI=1S/C10H11F2NO/c11-7-2-1-6(9(14)8(7)12)10(5-13)3-4-10/h1-2,14H,3-5,13H2. The third-order valence-electron chi connectivity index (χ3n) is 2.88. The molecule has 0 bridgehead atoms. The van der Waals surface area contributed by atoms with Crippen molar-refractivity contribution in [3.63, 3.8) is 0 Å². The predicted molar refractivity (Wildman–Crippen MR) is 48.0 cm³/mol. The van der Waals surface area contributed by atoms with Gasteiger partial charge in [0.05, 0.1) is 0 Å². The number of phenols is 1. The fourth-order valence-electron chi connectivity index (χ4n) is 1.70. The van der Waals surface area contributed by atoms with Crippen LogP contribution in [-0.4, -0.2) is 11.7 Å². The molecule has 3 N–H and O–H groups in total. The molecule has 76 valence electrons. The molecule has 0 heterocycles. The first-order valence-corrected chi connectivity index (χ1v) is 4.48. The Morgan fingerprint density at radius 2 is 2.00 bits per heavy atom. The van der Waals surface area contributed by atoms with E-state index in [1.165, 1.54) is 6.07 Å². The van der Waals surface area contributed by atoms with Gasteiger partial charge in [0.2, 0.25) is 5.82 Å². The fourth-order valence-corrected chi connectivity index (χ4v) is 1.70. The highest BCUT2D eigenvalue weighted by Crippen LogP contribution is 2.50. The molecule has 0 radical (unpaired) electrons. The molecule has 1 aliphatic rings. The fraction of sp³-hybridized carbons (Fsp3) is 0.400. The van der Waals surface area contributed by atoms with E-state index in [9.17, 15) is 13.9 Å². The Hall–Kier alpha value is -1.16. The van der Waals surface area contributed by atoms with E-state index in [1.807, 2.05) is 0 Å². The minimum atomic E-state index is -1.18. The average molecular weight is 199 g/mol. The first kappa shape index (κ1) is 9.40. The van der Waals surface area contributed by atoms with Crippen molar-refractivity contribution in [1.29, 1.82) is 0 Å². The maximum atomic E-state index is 13.0. The lowest BCUT2D eigenvalue weighted by Gasteiger charge is -2.14. The van der Waals surface area contributed by atoms with Crippen LogP contribution >= 0.6 is 0 Å². The largest absolute Gasteiger partial charge is 0.505 e. The highest BCUT2D eigenvalue weighted by molar-refractivity contribution is 5.44. The van der Waals surface area contributed by atoms with Crippen LogP contribution in [0.25, 0.3) is 0 Å². The Labute approximate surface area is 80.4 Å². The molecule has 2 rings (SSSR count). The van der Waals surface area contributed by atoms with Gasteiger partial charge in [-0.1, -0.05) is 6.07 Å². The van der Waals surface area contributed by atoms with Crippen molar-refractivity contribution in [1.82, 2.24) is 0 Å². The van der Waals surface area contributed by atoms with E-state index in [1.54, 1.807) is 0 Å². The summed E-state index contributed by atoms with van der Waals surface area (Å²) in [5.74, 6) is -2.80. The van der Waals surface area contributed by atoms with Gasteiger partial charge in [-0.05, 0) is 18.9 Å². The number of rotatable bonds is 2. The number of halogens is 2. The molecule has 0 unspecified atom stereocenters. The zero-order chi connectivity index (χ0) is 10.3. The van der Waals surface area contributed by atoms with Crippen LogP contribution in [0.3, 0.4) is 0 Å². The maximum absolute atomic E-state index is 13.0. The van der Waals surface area contributed by atoms with Crippen LogP contribution in [0.4, 0.5) is 8.78 Å². The molecule has 2 nitrogen and oxygen atoms in total. The summed E-state index contributed by atoms with van der Waals surface area (Å²) in [6, 6.07) is 2.44. The summed E-state index contributed by atoms with van der Waals surface area (Å²) in [5.41, 5.74) is 5.64. The van der Waals surface area contributed by atoms with Gasteiger partial charge in [-0.3, -0.25) is 0 Å². The number of benzene rings is 1. The zero-order valence-corrected chi connectivity index (χ0v) is 7.56. The molecule has 0 saturated heterocycles. The molecule has 1 fully saturated rings. The minimum absolute atomic E-state index is 0.321. The van der Waals surface area contributed by atoms with E-state index in [-0.39, 0.29) is 5.41 Å². The molecule has 0 aliphatic heterocycles. The third kappa shape index (κ3) is 1.18. The quantitative estimate of drug-likeness (QED) is 0.760. The van der Waals surface area contributed by atoms with Crippen LogP contribution in [0.2, 0.25) is 0 Å². The van der Waals surface area contributed by atoms with Crippen molar-refractivity contribution < 1.29 is 13.9 Å². The van der Waals surface area contributed by atoms with Crippen LogP contribution in [-0.2, 0) is 5.41 Å². The number of hydrogen-bond acceptors (Lipinski definition) is 2. The SMILES string of the molecule is NCC1(c2ccc(F)c(F)c2O)CC1. The van der Waals surface area contributed by atoms with Gasteiger partial charge in [0, 0.05) is 17.5 Å². The van der Waals surface area contributed by atoms with Gasteiger partial charge >= 0.3 is 0 Å². The van der Waals surface area contributed by atoms with Crippen molar-refractivity contribution in [3.05, 3.63) is 29.3 Å². The van der Waals surface area contributed by atoms with Crippen molar-refractivity contribution in [2.45, 2.75) is 18.3 Å². The number of hydrogen-bond donors (Lipinski definition) is 2. The number of nitrogens with two attached hydrogens (primary N) is 1. The Balaban J connectivity index is 2.50. The summed E-state index contributed by atoms with van der Waals surface area (Å²) in [4.78, 5) is 0. The smallest absolute Gasteiger partial charge is 0.200 e. The van der Waals surface area contributed by atoms with Crippen LogP contribution in [0.15, 0.2) is 12.1 Å². The summed E-state index contributed by atoms with van der Waals surface area (Å²) in [6.07, 6.45) is 1.64. The van der Waals surface area contributed by atoms with Gasteiger partial charge in [0.15, 0.2) is 11.6 Å². The Morgan fingerprint density at radius 3 is 2.50 bits per heavy atom. The minimum Gasteiger partial charge on any atom is -0.505 e. The highest BCUT2D eigenvalue weighted by atomic mass is 19.2. The van der Waals surface area contributed by atoms with Crippen molar-refractivity contribution in [3.8, 4) is 5.75 Å². The molecule has 1 aromatic carbocycles. The second-order valence-corrected chi connectivity index (χ2v) is 3.74. The third-order valence-corrected chi connectivity index (χ3v) is 2.88. The zero-order valence-electron chi connectivity index (χ0n) is 7.56. The number of aromatic hydroxyl groups is 1. The van der Waals surface area contributed by atoms with Gasteiger partial charge in [-0.2, -0.15) is 4.39 Å². The Kier molecular flexibility index (Phi) is 1.96. The van der Waals surface area contributed by atoms with Gasteiger partial charge < -0.3 is 10.8 Å². The summed E-state index contributed by atoms with van der Waals surface area (Å²) < 4.78 is 25.7. The van der Waals surface area contributed by atoms with Crippen LogP contribution < -0.4 is 5.73 Å². The second-order valence-electron chi connectivity index (χ2n) is 3.74. The highest BCUT2D eigenvalue weighted by Gasteiger charge is 2.45. The van der Waals surface area contributed by atoms with Crippen LogP contribution in [0, 0.1) is 11.6 Å². The number of phenolic OH excluding ortho intramolecular Hbond substituents is 1. The van der Waals surface area contributed by atoms with Gasteiger partial charge in [-0.25, -0.2) is 4.39 Å². The van der Waals surface area contributed by atoms with E-state index < -0.39 is 17.4 Å². The van der Waals surface area contributed by atoms with E-state index in [0.717, 1.165) is 18.9 Å². The van der Waals surface area contributed by atoms with Gasteiger partial charge in [-0.15, -0.1) is 0 Å². The molecule has 0 spiro atoms. The molecule has 1 aromatic rings. The van der Waals surface area contributed by atoms with Crippen LogP contribution in [0.5, 0.6) is 5.75 Å². The summed E-state index contributed by atoms with van der Waals surface area (Å²) >= 11 is 0. The molecule has 1 aliphatic carbocycles. The topological polar surface area (TPSA) is 46.2 Å². The van der Waals surface area contributed by atoms with Crippen molar-refractivity contribution in [2.75, 3.05) is 6.54 Å². The van der Waals surface area contributed by atoms with Crippen molar-refractivity contribution >= 4 is 0 Å². The molecule has 4 heteroatoms. The lowest BCUT2D eigenvalue weighted by Crippen LogP contribution is -2.20. The monoisotopic (exact) mass is 199 g/mol. The summed E-state index contributed by atoms with van der Waals surface area (Å²) in [7, 11) is 0. The van der Waals surface area contributed by atoms with E-state index in [0.29, 0.717) is 12.1 Å². The van der Waals surface area contributed by atoms with Crippen LogP contribution in [0.1, 0.15) is 18.4 Å². The average Bonchev–Trinajstić information content (AvgIpc) is 2.95. The Bertz CT molecular complexity index is 375. The summed E-state index contributed by atoms with van der Waals surface area (Å²) in [5, 5.41) is 9.41. The molecule has 0 amide bonds. The molecule has 14 heavy (non-hydrogen) atoms. The lowest BCUT2D eigenvalue weighted by molar-refractivity contribution is 0.395. The summed E-state index contributed by atoms with van der Waals surface area (Å²) in [6.45, 7) is 0.353. The van der Waals surface area contributed by atoms with Gasteiger partial charge in [0.25, 0.3) is 0 Å². The van der Waals surface area contributed by atoms with Crippen molar-refractivity contribution in [2.24, 2.45) is 5.73 Å². The second kappa shape index (κ2) is 2.92. The molecule has 0 aromatic heterocycles. The predicted octanol–water partition coefficient (Wildman–Crippen LogP) is 1.66. The van der Waals surface area contributed by atoms with Gasteiger partial charge in [0.1, 0.15) is 0 Å². The normalized spacial score (nSPS) is 18.2. The first-order chi connectivity index (χ1) is 6.60. The van der Waals surface area contributed by atoms with E-state index in [2.05, 4.69) is 0 Å². The first-order valence-electron chi connectivity index (χ1n) is 4.48. The maximum Gasteiger partial charge on any atom is 0.200 e. The lowest BCUT2D eigenvalue weighted by atomic mass is 9.95. The Morgan fingerprint density at radius 1 is 1.36 bits per heavy atom. The van der Waals surface area contributed by atoms with E-state index in [4.69, 9.17) is 5.73 Å². The molecule has 1 saturated carbocycles. The molecular formula is C10H11F2NO. The molecular weight excluding hydrogens is 188 g/mol. The van der Waals surface area contributed by atoms with E-state index >= 15 is 0 Å².